The molecule has 0 radical (unpaired) electrons. The summed E-state index contributed by atoms with van der Waals surface area (Å²) in [5, 5.41) is 0. The Kier molecular flexibility index (Phi) is 5.34. The van der Waals surface area contributed by atoms with Crippen LogP contribution in [0.15, 0.2) is 28.7 Å². The van der Waals surface area contributed by atoms with Gasteiger partial charge in [0.15, 0.2) is 6.04 Å². The molecule has 1 atom stereocenters. The van der Waals surface area contributed by atoms with Gasteiger partial charge in [0.1, 0.15) is 0 Å². The molecule has 0 heterocycles. The first-order valence-corrected chi connectivity index (χ1v) is 6.39. The van der Waals surface area contributed by atoms with Crippen molar-refractivity contribution in [3.63, 3.8) is 0 Å². The van der Waals surface area contributed by atoms with Gasteiger partial charge in [-0.2, -0.15) is 0 Å². The fraction of sp³-hybridized carbons (Fsp3) is 0.385. The minimum Gasteiger partial charge on any atom is -0.467 e. The number of esters is 1. The lowest BCUT2D eigenvalue weighted by Crippen LogP contribution is -2.36. The lowest BCUT2D eigenvalue weighted by atomic mass is 10.1. The number of hydrogen-bond acceptors (Lipinski definition) is 3. The van der Waals surface area contributed by atoms with E-state index in [1.54, 1.807) is 26.1 Å². The van der Waals surface area contributed by atoms with Crippen molar-refractivity contribution < 1.29 is 14.3 Å². The van der Waals surface area contributed by atoms with Gasteiger partial charge in [0, 0.05) is 17.9 Å². The maximum Gasteiger partial charge on any atom is 0.333 e. The predicted molar refractivity (Wildman–Crippen MR) is 72.0 cm³/mol. The smallest absolute Gasteiger partial charge is 0.333 e. The summed E-state index contributed by atoms with van der Waals surface area (Å²) < 4.78 is 5.68. The summed E-state index contributed by atoms with van der Waals surface area (Å²) in [5.74, 6) is -0.546. The molecule has 0 bridgehead atoms. The second kappa shape index (κ2) is 6.54. The minimum absolute atomic E-state index is 0.103. The van der Waals surface area contributed by atoms with E-state index >= 15 is 0 Å². The van der Waals surface area contributed by atoms with Crippen molar-refractivity contribution in [2.24, 2.45) is 0 Å². The molecule has 0 saturated carbocycles. The minimum atomic E-state index is -0.699. The van der Waals surface area contributed by atoms with Crippen LogP contribution in [0.2, 0.25) is 0 Å². The Morgan fingerprint density at radius 2 is 1.89 bits per heavy atom. The summed E-state index contributed by atoms with van der Waals surface area (Å²) in [6.07, 6.45) is 0.348. The molecule has 0 aromatic heterocycles. The van der Waals surface area contributed by atoms with Crippen LogP contribution in [0.25, 0.3) is 0 Å². The number of halogens is 1. The summed E-state index contributed by atoms with van der Waals surface area (Å²) in [5.41, 5.74) is 0.731. The van der Waals surface area contributed by atoms with Crippen molar-refractivity contribution in [1.29, 1.82) is 0 Å². The average molecular weight is 314 g/mol. The van der Waals surface area contributed by atoms with Crippen LogP contribution < -0.4 is 0 Å². The van der Waals surface area contributed by atoms with E-state index in [2.05, 4.69) is 15.9 Å². The zero-order valence-corrected chi connectivity index (χ0v) is 12.2. The van der Waals surface area contributed by atoms with Crippen LogP contribution in [0.3, 0.4) is 0 Å². The van der Waals surface area contributed by atoms with Crippen LogP contribution in [-0.2, 0) is 14.3 Å². The molecule has 0 aliphatic heterocycles. The summed E-state index contributed by atoms with van der Waals surface area (Å²) in [6, 6.07) is 6.55. The Bertz CT molecular complexity index is 430. The monoisotopic (exact) mass is 313 g/mol. The molecule has 0 aliphatic carbocycles. The molecule has 0 spiro atoms. The van der Waals surface area contributed by atoms with E-state index < -0.39 is 12.0 Å². The SMILES string of the molecule is CCC(=O)N(C)[C@H](C(=O)OC)c1ccc(Br)cc1. The van der Waals surface area contributed by atoms with Gasteiger partial charge in [-0.15, -0.1) is 0 Å². The highest BCUT2D eigenvalue weighted by molar-refractivity contribution is 9.10. The molecule has 1 amide bonds. The Morgan fingerprint density at radius 1 is 1.33 bits per heavy atom. The van der Waals surface area contributed by atoms with Gasteiger partial charge in [-0.3, -0.25) is 4.79 Å². The normalized spacial score (nSPS) is 11.8. The van der Waals surface area contributed by atoms with Gasteiger partial charge in [0.25, 0.3) is 0 Å². The highest BCUT2D eigenvalue weighted by atomic mass is 79.9. The van der Waals surface area contributed by atoms with Gasteiger partial charge in [-0.1, -0.05) is 35.0 Å². The molecule has 4 nitrogen and oxygen atoms in total. The average Bonchev–Trinajstić information content (AvgIpc) is 2.39. The topological polar surface area (TPSA) is 46.6 Å². The lowest BCUT2D eigenvalue weighted by Gasteiger charge is -2.26. The number of hydrogen-bond donors (Lipinski definition) is 0. The van der Waals surface area contributed by atoms with E-state index in [-0.39, 0.29) is 5.91 Å². The number of benzene rings is 1. The zero-order chi connectivity index (χ0) is 13.7. The molecule has 0 aliphatic rings. The van der Waals surface area contributed by atoms with Crippen LogP contribution >= 0.6 is 15.9 Å². The van der Waals surface area contributed by atoms with Crippen molar-refractivity contribution in [2.45, 2.75) is 19.4 Å². The number of nitrogens with zero attached hydrogens (tertiary/aromatic N) is 1. The first kappa shape index (κ1) is 14.7. The lowest BCUT2D eigenvalue weighted by molar-refractivity contribution is -0.152. The number of carbonyl (C=O) groups is 2. The van der Waals surface area contributed by atoms with Crippen molar-refractivity contribution >= 4 is 27.8 Å². The Labute approximate surface area is 115 Å². The summed E-state index contributed by atoms with van der Waals surface area (Å²) >= 11 is 3.33. The fourth-order valence-electron chi connectivity index (χ4n) is 1.67. The summed E-state index contributed by atoms with van der Waals surface area (Å²) in [4.78, 5) is 25.0. The number of carbonyl (C=O) groups excluding carboxylic acids is 2. The molecule has 5 heteroatoms. The second-order valence-corrected chi connectivity index (χ2v) is 4.75. The van der Waals surface area contributed by atoms with Crippen molar-refractivity contribution in [3.8, 4) is 0 Å². The first-order chi connectivity index (χ1) is 8.51. The van der Waals surface area contributed by atoms with Crippen molar-refractivity contribution in [1.82, 2.24) is 4.90 Å². The second-order valence-electron chi connectivity index (χ2n) is 3.84. The quantitative estimate of drug-likeness (QED) is 0.802. The van der Waals surface area contributed by atoms with Crippen LogP contribution in [0, 0.1) is 0 Å². The highest BCUT2D eigenvalue weighted by Gasteiger charge is 2.28. The van der Waals surface area contributed by atoms with Crippen LogP contribution in [0.4, 0.5) is 0 Å². The maximum absolute atomic E-state index is 11.8. The van der Waals surface area contributed by atoms with Crippen molar-refractivity contribution in [3.05, 3.63) is 34.3 Å². The zero-order valence-electron chi connectivity index (χ0n) is 10.6. The molecule has 1 aromatic carbocycles. The summed E-state index contributed by atoms with van der Waals surface area (Å²) in [7, 11) is 2.92. The third-order valence-corrected chi connectivity index (χ3v) is 3.22. The number of methoxy groups -OCH3 is 1. The number of amides is 1. The molecule has 1 aromatic rings. The molecule has 0 unspecified atom stereocenters. The third-order valence-electron chi connectivity index (χ3n) is 2.69. The molecule has 0 N–H and O–H groups in total. The van der Waals surface area contributed by atoms with Crippen LogP contribution in [0.5, 0.6) is 0 Å². The van der Waals surface area contributed by atoms with E-state index in [0.29, 0.717) is 6.42 Å². The van der Waals surface area contributed by atoms with E-state index in [9.17, 15) is 9.59 Å². The first-order valence-electron chi connectivity index (χ1n) is 5.60. The van der Waals surface area contributed by atoms with Gasteiger partial charge in [-0.25, -0.2) is 4.79 Å². The van der Waals surface area contributed by atoms with E-state index in [1.807, 2.05) is 12.1 Å². The largest absolute Gasteiger partial charge is 0.467 e. The van der Waals surface area contributed by atoms with Gasteiger partial charge >= 0.3 is 5.97 Å². The number of likely N-dealkylation sites (N-methyl/N-ethyl adjacent to an activating group) is 1. The predicted octanol–water partition coefficient (Wildman–Crippen LogP) is 2.53. The van der Waals surface area contributed by atoms with E-state index in [0.717, 1.165) is 10.0 Å². The van der Waals surface area contributed by atoms with Gasteiger partial charge in [0.2, 0.25) is 5.91 Å². The Hall–Kier alpha value is -1.36. The molecule has 0 fully saturated rings. The number of ether oxygens (including phenoxy) is 1. The van der Waals surface area contributed by atoms with Crippen LogP contribution in [-0.4, -0.2) is 30.9 Å². The molecule has 0 saturated heterocycles. The van der Waals surface area contributed by atoms with E-state index in [4.69, 9.17) is 4.74 Å². The van der Waals surface area contributed by atoms with Crippen LogP contribution in [0.1, 0.15) is 24.9 Å². The Morgan fingerprint density at radius 3 is 2.33 bits per heavy atom. The number of rotatable bonds is 4. The Balaban J connectivity index is 3.09. The molecule has 98 valence electrons. The van der Waals surface area contributed by atoms with Gasteiger partial charge < -0.3 is 9.64 Å². The third kappa shape index (κ3) is 3.32. The van der Waals surface area contributed by atoms with Gasteiger partial charge in [-0.05, 0) is 17.7 Å². The van der Waals surface area contributed by atoms with Gasteiger partial charge in [0.05, 0.1) is 7.11 Å². The molecular weight excluding hydrogens is 298 g/mol. The standard InChI is InChI=1S/C13H16BrNO3/c1-4-11(16)15(2)12(13(17)18-3)9-5-7-10(14)8-6-9/h5-8,12H,4H2,1-3H3/t12-/m0/s1. The van der Waals surface area contributed by atoms with E-state index in [1.165, 1.54) is 12.0 Å². The van der Waals surface area contributed by atoms with Crippen molar-refractivity contribution in [2.75, 3.05) is 14.2 Å². The maximum atomic E-state index is 11.8. The fourth-order valence-corrected chi connectivity index (χ4v) is 1.93. The molecule has 18 heavy (non-hydrogen) atoms. The summed E-state index contributed by atoms with van der Waals surface area (Å²) in [6.45, 7) is 1.76. The molecule has 1 rings (SSSR count). The molecular formula is C13H16BrNO3. The highest BCUT2D eigenvalue weighted by Crippen LogP contribution is 2.23.